The van der Waals surface area contributed by atoms with Gasteiger partial charge in [0.1, 0.15) is 17.4 Å². The maximum Gasteiger partial charge on any atom is 0.433 e. The van der Waals surface area contributed by atoms with Gasteiger partial charge in [0.05, 0.1) is 28.4 Å². The molecule has 2 fully saturated rings. The Hall–Kier alpha value is -2.85. The van der Waals surface area contributed by atoms with Crippen LogP contribution in [0.4, 0.5) is 13.2 Å². The van der Waals surface area contributed by atoms with Gasteiger partial charge in [-0.25, -0.2) is 4.79 Å². The molecule has 2 aromatic heterocycles. The molecule has 33 heavy (non-hydrogen) atoms. The zero-order chi connectivity index (χ0) is 23.5. The third kappa shape index (κ3) is 4.02. The molecule has 1 N–H and O–H groups in total. The molecule has 174 valence electrons. The normalized spacial score (nSPS) is 22.8. The van der Waals surface area contributed by atoms with Crippen molar-refractivity contribution in [1.82, 2.24) is 14.9 Å². The summed E-state index contributed by atoms with van der Waals surface area (Å²) in [6, 6.07) is 5.85. The molecule has 0 unspecified atom stereocenters. The Morgan fingerprint density at radius 2 is 1.97 bits per heavy atom. The maximum atomic E-state index is 14.2. The van der Waals surface area contributed by atoms with E-state index in [-0.39, 0.29) is 41.0 Å². The fourth-order valence-electron chi connectivity index (χ4n) is 4.11. The van der Waals surface area contributed by atoms with E-state index < -0.39 is 35.0 Å². The van der Waals surface area contributed by atoms with Gasteiger partial charge in [-0.3, -0.25) is 4.68 Å². The summed E-state index contributed by atoms with van der Waals surface area (Å²) in [5, 5.41) is 18.1. The number of hydrogen-bond acceptors (Lipinski definition) is 6. The van der Waals surface area contributed by atoms with Crippen molar-refractivity contribution in [3.8, 4) is 22.6 Å². The number of aliphatic hydroxyl groups is 1. The molecule has 2 aliphatic carbocycles. The molecule has 0 atom stereocenters. The van der Waals surface area contributed by atoms with Crippen LogP contribution in [-0.4, -0.2) is 37.7 Å². The van der Waals surface area contributed by atoms with E-state index in [9.17, 15) is 23.1 Å². The molecule has 7 nitrogen and oxygen atoms in total. The summed E-state index contributed by atoms with van der Waals surface area (Å²) in [5.74, 6) is -1.23. The second-order valence-electron chi connectivity index (χ2n) is 8.73. The van der Waals surface area contributed by atoms with E-state index >= 15 is 0 Å². The van der Waals surface area contributed by atoms with Crippen molar-refractivity contribution in [2.45, 2.75) is 56.5 Å². The predicted molar refractivity (Wildman–Crippen MR) is 111 cm³/mol. The summed E-state index contributed by atoms with van der Waals surface area (Å²) >= 11 is 6.26. The molecule has 0 spiro atoms. The fraction of sp³-hybridized carbons (Fsp3) is 0.409. The molecule has 5 rings (SSSR count). The number of carbonyl (C=O) groups excluding carboxylic acids is 1. The van der Waals surface area contributed by atoms with Gasteiger partial charge in [-0.2, -0.15) is 18.3 Å². The summed E-state index contributed by atoms with van der Waals surface area (Å²) in [7, 11) is 0. The molecule has 2 heterocycles. The van der Waals surface area contributed by atoms with E-state index in [0.717, 1.165) is 10.9 Å². The number of aromatic nitrogens is 3. The summed E-state index contributed by atoms with van der Waals surface area (Å²) in [6.07, 6.45) is -2.49. The van der Waals surface area contributed by atoms with E-state index in [1.54, 1.807) is 31.2 Å². The first-order chi connectivity index (χ1) is 15.5. The molecule has 0 amide bonds. The second-order valence-corrected chi connectivity index (χ2v) is 9.14. The zero-order valence-electron chi connectivity index (χ0n) is 17.4. The van der Waals surface area contributed by atoms with Crippen LogP contribution in [0.25, 0.3) is 22.6 Å². The first kappa shape index (κ1) is 22.0. The lowest BCUT2D eigenvalue weighted by Gasteiger charge is -2.41. The number of rotatable bonds is 5. The second kappa shape index (κ2) is 7.59. The Balaban J connectivity index is 1.66. The van der Waals surface area contributed by atoms with E-state index in [0.29, 0.717) is 18.4 Å². The minimum atomic E-state index is -4.80. The van der Waals surface area contributed by atoms with Crippen molar-refractivity contribution in [2.24, 2.45) is 0 Å². The lowest BCUT2D eigenvalue weighted by molar-refractivity contribution is -0.148. The topological polar surface area (TPSA) is 90.4 Å². The smallest absolute Gasteiger partial charge is 0.433 e. The third-order valence-corrected chi connectivity index (χ3v) is 6.16. The quantitative estimate of drug-likeness (QED) is 0.498. The lowest BCUT2D eigenvalue weighted by Crippen LogP contribution is -2.43. The summed E-state index contributed by atoms with van der Waals surface area (Å²) < 4.78 is 54.0. The molecule has 2 saturated carbocycles. The highest BCUT2D eigenvalue weighted by Gasteiger charge is 2.47. The van der Waals surface area contributed by atoms with E-state index in [2.05, 4.69) is 10.3 Å². The van der Waals surface area contributed by atoms with Crippen molar-refractivity contribution < 1.29 is 32.3 Å². The van der Waals surface area contributed by atoms with E-state index in [1.807, 2.05) is 0 Å². The molecular weight excluding hydrogens is 463 g/mol. The molecule has 11 heteroatoms. The van der Waals surface area contributed by atoms with Crippen molar-refractivity contribution in [3.63, 3.8) is 0 Å². The number of hydrogen-bond donors (Lipinski definition) is 1. The minimum Gasteiger partial charge on any atom is -0.459 e. The number of carbonyl (C=O) groups is 1. The van der Waals surface area contributed by atoms with E-state index in [1.165, 1.54) is 0 Å². The molecule has 0 bridgehead atoms. The van der Waals surface area contributed by atoms with Crippen molar-refractivity contribution >= 4 is 17.6 Å². The van der Waals surface area contributed by atoms with Crippen LogP contribution in [0.1, 0.15) is 54.7 Å². The van der Waals surface area contributed by atoms with Crippen LogP contribution in [0.5, 0.6) is 0 Å². The van der Waals surface area contributed by atoms with Crippen LogP contribution >= 0.6 is 11.6 Å². The fourth-order valence-corrected chi connectivity index (χ4v) is 4.34. The standard InChI is InChI=1S/C22H19ClF3N3O4/c1-21(31)8-11(9-21)29-19(22(24,25)26)14(10-27-29)18-16(20(30)32-12-6-7-12)17(28-33-18)13-4-2-3-5-15(13)23/h2-5,10-12,31H,6-9H2,1H3/t11-,21-. The van der Waals surface area contributed by atoms with Gasteiger partial charge >= 0.3 is 12.1 Å². The Labute approximate surface area is 191 Å². The Morgan fingerprint density at radius 1 is 1.27 bits per heavy atom. The Kier molecular flexibility index (Phi) is 5.06. The number of esters is 1. The number of halogens is 4. The highest BCUT2D eigenvalue weighted by Crippen LogP contribution is 2.47. The van der Waals surface area contributed by atoms with Gasteiger partial charge < -0.3 is 14.4 Å². The molecule has 2 aliphatic rings. The number of alkyl halides is 3. The average Bonchev–Trinajstić information content (AvgIpc) is 3.24. The van der Waals surface area contributed by atoms with Gasteiger partial charge in [0.2, 0.25) is 0 Å². The molecular formula is C22H19ClF3N3O4. The summed E-state index contributed by atoms with van der Waals surface area (Å²) in [6.45, 7) is 1.56. The van der Waals surface area contributed by atoms with Gasteiger partial charge in [0, 0.05) is 5.56 Å². The number of ether oxygens (including phenoxy) is 1. The Bertz CT molecular complexity index is 1220. The molecule has 3 aromatic rings. The van der Waals surface area contributed by atoms with E-state index in [4.69, 9.17) is 20.9 Å². The van der Waals surface area contributed by atoms with Crippen molar-refractivity contribution in [3.05, 3.63) is 46.7 Å². The average molecular weight is 482 g/mol. The SMILES string of the molecule is C[C@]1(O)C[C@H](n2ncc(-c3onc(-c4ccccc4Cl)c3C(=O)OC3CC3)c2C(F)(F)F)C1. The van der Waals surface area contributed by atoms with Crippen LogP contribution in [0, 0.1) is 0 Å². The zero-order valence-corrected chi connectivity index (χ0v) is 18.2. The van der Waals surface area contributed by atoms with Crippen LogP contribution in [0.2, 0.25) is 5.02 Å². The van der Waals surface area contributed by atoms with Gasteiger partial charge in [0.25, 0.3) is 0 Å². The third-order valence-electron chi connectivity index (χ3n) is 5.83. The van der Waals surface area contributed by atoms with Crippen molar-refractivity contribution in [2.75, 3.05) is 0 Å². The van der Waals surface area contributed by atoms with Gasteiger partial charge in [0.15, 0.2) is 11.5 Å². The van der Waals surface area contributed by atoms with Crippen LogP contribution in [0.15, 0.2) is 35.0 Å². The molecule has 0 saturated heterocycles. The highest BCUT2D eigenvalue weighted by atomic mass is 35.5. The first-order valence-electron chi connectivity index (χ1n) is 10.4. The molecule has 1 aromatic carbocycles. The lowest BCUT2D eigenvalue weighted by atomic mass is 9.77. The molecule has 0 radical (unpaired) electrons. The van der Waals surface area contributed by atoms with Crippen molar-refractivity contribution in [1.29, 1.82) is 0 Å². The maximum absolute atomic E-state index is 14.2. The van der Waals surface area contributed by atoms with Crippen LogP contribution < -0.4 is 0 Å². The summed E-state index contributed by atoms with van der Waals surface area (Å²) in [5.41, 5.74) is -2.47. The number of benzene rings is 1. The van der Waals surface area contributed by atoms with Gasteiger partial charge in [-0.1, -0.05) is 35.0 Å². The molecule has 0 aliphatic heterocycles. The predicted octanol–water partition coefficient (Wildman–Crippen LogP) is 5.28. The number of nitrogens with zero attached hydrogens (tertiary/aromatic N) is 3. The summed E-state index contributed by atoms with van der Waals surface area (Å²) in [4.78, 5) is 13.0. The largest absolute Gasteiger partial charge is 0.459 e. The van der Waals surface area contributed by atoms with Gasteiger partial charge in [-0.15, -0.1) is 0 Å². The van der Waals surface area contributed by atoms with Crippen LogP contribution in [0.3, 0.4) is 0 Å². The highest BCUT2D eigenvalue weighted by molar-refractivity contribution is 6.33. The monoisotopic (exact) mass is 481 g/mol. The van der Waals surface area contributed by atoms with Gasteiger partial charge in [-0.05, 0) is 38.7 Å². The first-order valence-corrected chi connectivity index (χ1v) is 10.8. The Morgan fingerprint density at radius 3 is 2.58 bits per heavy atom. The minimum absolute atomic E-state index is 0.00583. The van der Waals surface area contributed by atoms with Crippen LogP contribution in [-0.2, 0) is 10.9 Å².